The third kappa shape index (κ3) is 5.56. The van der Waals surface area contributed by atoms with E-state index in [1.54, 1.807) is 0 Å². The van der Waals surface area contributed by atoms with E-state index < -0.39 is 12.0 Å². The Kier molecular flexibility index (Phi) is 6.32. The van der Waals surface area contributed by atoms with Crippen molar-refractivity contribution in [2.75, 3.05) is 6.54 Å². The van der Waals surface area contributed by atoms with Crippen LogP contribution in [-0.4, -0.2) is 24.5 Å². The number of hydrogen-bond donors (Lipinski definition) is 2. The van der Waals surface area contributed by atoms with Crippen molar-refractivity contribution in [1.29, 1.82) is 0 Å². The lowest BCUT2D eigenvalue weighted by atomic mass is 10.1. The first kappa shape index (κ1) is 16.7. The number of benzene rings is 2. The fourth-order valence-electron chi connectivity index (χ4n) is 2.13. The predicted molar refractivity (Wildman–Crippen MR) is 87.4 cm³/mol. The zero-order valence-corrected chi connectivity index (χ0v) is 12.8. The normalized spacial score (nSPS) is 11.5. The Bertz CT molecular complexity index is 629. The lowest BCUT2D eigenvalue weighted by molar-refractivity contribution is -0.149. The molecular formula is C18H20N2O3. The molecule has 0 aliphatic carbocycles. The molecule has 2 rings (SSSR count). The fourth-order valence-corrected chi connectivity index (χ4v) is 2.13. The van der Waals surface area contributed by atoms with Crippen LogP contribution in [0.25, 0.3) is 0 Å². The van der Waals surface area contributed by atoms with Crippen molar-refractivity contribution in [3.8, 4) is 0 Å². The highest BCUT2D eigenvalue weighted by molar-refractivity contribution is 5.85. The van der Waals surface area contributed by atoms with Crippen molar-refractivity contribution >= 4 is 11.9 Å². The van der Waals surface area contributed by atoms with Gasteiger partial charge in [0, 0.05) is 6.42 Å². The van der Waals surface area contributed by atoms with Gasteiger partial charge in [-0.05, 0) is 11.1 Å². The van der Waals surface area contributed by atoms with E-state index in [4.69, 9.17) is 10.5 Å². The van der Waals surface area contributed by atoms with Gasteiger partial charge in [-0.25, -0.2) is 4.79 Å². The quantitative estimate of drug-likeness (QED) is 0.758. The van der Waals surface area contributed by atoms with Crippen molar-refractivity contribution < 1.29 is 14.3 Å². The highest BCUT2D eigenvalue weighted by Gasteiger charge is 2.22. The minimum Gasteiger partial charge on any atom is -0.459 e. The molecule has 0 bridgehead atoms. The molecule has 0 spiro atoms. The van der Waals surface area contributed by atoms with Crippen LogP contribution >= 0.6 is 0 Å². The van der Waals surface area contributed by atoms with E-state index in [-0.39, 0.29) is 19.1 Å². The molecule has 1 atom stereocenters. The highest BCUT2D eigenvalue weighted by Crippen LogP contribution is 2.07. The number of rotatable bonds is 7. The molecule has 0 aliphatic heterocycles. The number of esters is 1. The largest absolute Gasteiger partial charge is 0.459 e. The second kappa shape index (κ2) is 8.70. The van der Waals surface area contributed by atoms with Crippen LogP contribution in [0.5, 0.6) is 0 Å². The summed E-state index contributed by atoms with van der Waals surface area (Å²) in [5.74, 6) is -0.859. The molecule has 120 valence electrons. The third-order valence-electron chi connectivity index (χ3n) is 3.31. The first-order chi connectivity index (χ1) is 11.2. The first-order valence-electron chi connectivity index (χ1n) is 7.43. The number of ether oxygens (including phenoxy) is 1. The summed E-state index contributed by atoms with van der Waals surface area (Å²) in [5.41, 5.74) is 7.14. The molecule has 0 unspecified atom stereocenters. The Balaban J connectivity index is 2.00. The maximum atomic E-state index is 12.3. The number of amides is 1. The lowest BCUT2D eigenvalue weighted by Gasteiger charge is -2.17. The van der Waals surface area contributed by atoms with E-state index >= 15 is 0 Å². The molecule has 23 heavy (non-hydrogen) atoms. The van der Waals surface area contributed by atoms with Crippen LogP contribution in [0.3, 0.4) is 0 Å². The molecule has 0 fully saturated rings. The monoisotopic (exact) mass is 312 g/mol. The van der Waals surface area contributed by atoms with Gasteiger partial charge in [-0.2, -0.15) is 0 Å². The minimum atomic E-state index is -0.753. The van der Waals surface area contributed by atoms with E-state index in [2.05, 4.69) is 5.32 Å². The number of nitrogens with one attached hydrogen (secondary N) is 1. The third-order valence-corrected chi connectivity index (χ3v) is 3.31. The van der Waals surface area contributed by atoms with Crippen LogP contribution in [0, 0.1) is 0 Å². The maximum absolute atomic E-state index is 12.3. The summed E-state index contributed by atoms with van der Waals surface area (Å²) in [6.07, 6.45) is 0.361. The highest BCUT2D eigenvalue weighted by atomic mass is 16.5. The van der Waals surface area contributed by atoms with Crippen molar-refractivity contribution in [2.24, 2.45) is 5.73 Å². The second-order valence-electron chi connectivity index (χ2n) is 5.11. The Hall–Kier alpha value is -2.66. The van der Waals surface area contributed by atoms with E-state index in [0.717, 1.165) is 11.1 Å². The number of carbonyl (C=O) groups is 2. The fraction of sp³-hybridized carbons (Fsp3) is 0.222. The van der Waals surface area contributed by atoms with Gasteiger partial charge in [0.25, 0.3) is 0 Å². The summed E-state index contributed by atoms with van der Waals surface area (Å²) >= 11 is 0. The summed E-state index contributed by atoms with van der Waals surface area (Å²) in [7, 11) is 0. The van der Waals surface area contributed by atoms with E-state index in [1.807, 2.05) is 60.7 Å². The average Bonchev–Trinajstić information content (AvgIpc) is 2.60. The van der Waals surface area contributed by atoms with Gasteiger partial charge in [-0.3, -0.25) is 4.79 Å². The van der Waals surface area contributed by atoms with Crippen LogP contribution in [-0.2, 0) is 27.4 Å². The Morgan fingerprint density at radius 2 is 1.52 bits per heavy atom. The van der Waals surface area contributed by atoms with Gasteiger partial charge >= 0.3 is 5.97 Å². The Labute approximate surface area is 135 Å². The summed E-state index contributed by atoms with van der Waals surface area (Å²) in [6.45, 7) is 0.000708. The summed E-state index contributed by atoms with van der Waals surface area (Å²) < 4.78 is 5.31. The second-order valence-corrected chi connectivity index (χ2v) is 5.11. The van der Waals surface area contributed by atoms with E-state index in [1.165, 1.54) is 0 Å². The molecule has 0 saturated heterocycles. The van der Waals surface area contributed by atoms with Gasteiger partial charge in [0.05, 0.1) is 6.54 Å². The molecule has 5 heteroatoms. The van der Waals surface area contributed by atoms with Crippen molar-refractivity contribution in [1.82, 2.24) is 5.32 Å². The van der Waals surface area contributed by atoms with E-state index in [9.17, 15) is 9.59 Å². The molecule has 2 aromatic carbocycles. The molecule has 1 amide bonds. The number of carbonyl (C=O) groups excluding carboxylic acids is 2. The van der Waals surface area contributed by atoms with Gasteiger partial charge in [0.1, 0.15) is 12.6 Å². The molecule has 0 aliphatic rings. The van der Waals surface area contributed by atoms with Crippen LogP contribution in [0.1, 0.15) is 11.1 Å². The van der Waals surface area contributed by atoms with Crippen LogP contribution in [0.4, 0.5) is 0 Å². The smallest absolute Gasteiger partial charge is 0.329 e. The summed E-state index contributed by atoms with van der Waals surface area (Å²) in [6, 6.07) is 18.1. The molecule has 0 saturated carbocycles. The molecule has 5 nitrogen and oxygen atoms in total. The maximum Gasteiger partial charge on any atom is 0.329 e. The van der Waals surface area contributed by atoms with E-state index in [0.29, 0.717) is 6.42 Å². The van der Waals surface area contributed by atoms with Crippen LogP contribution < -0.4 is 11.1 Å². The van der Waals surface area contributed by atoms with Gasteiger partial charge in [-0.15, -0.1) is 0 Å². The van der Waals surface area contributed by atoms with Crippen LogP contribution in [0.15, 0.2) is 60.7 Å². The number of hydrogen-bond acceptors (Lipinski definition) is 4. The number of nitrogens with two attached hydrogens (primary N) is 1. The van der Waals surface area contributed by atoms with Crippen molar-refractivity contribution in [2.45, 2.75) is 19.1 Å². The average molecular weight is 312 g/mol. The van der Waals surface area contributed by atoms with Gasteiger partial charge in [0.15, 0.2) is 0 Å². The SMILES string of the molecule is NCC(=O)N[C@H](Cc1ccccc1)C(=O)OCc1ccccc1. The summed E-state index contributed by atoms with van der Waals surface area (Å²) in [5, 5.41) is 2.61. The summed E-state index contributed by atoms with van der Waals surface area (Å²) in [4.78, 5) is 23.8. The van der Waals surface area contributed by atoms with Crippen LogP contribution in [0.2, 0.25) is 0 Å². The Morgan fingerprint density at radius 3 is 2.09 bits per heavy atom. The molecule has 2 aromatic rings. The molecular weight excluding hydrogens is 292 g/mol. The van der Waals surface area contributed by atoms with Crippen molar-refractivity contribution in [3.63, 3.8) is 0 Å². The van der Waals surface area contributed by atoms with Crippen molar-refractivity contribution in [3.05, 3.63) is 71.8 Å². The zero-order chi connectivity index (χ0) is 16.5. The van der Waals surface area contributed by atoms with Gasteiger partial charge in [0.2, 0.25) is 5.91 Å². The molecule has 0 radical (unpaired) electrons. The predicted octanol–water partition coefficient (Wildman–Crippen LogP) is 1.42. The topological polar surface area (TPSA) is 81.4 Å². The minimum absolute atomic E-state index is 0.169. The zero-order valence-electron chi connectivity index (χ0n) is 12.8. The Morgan fingerprint density at radius 1 is 0.957 bits per heavy atom. The first-order valence-corrected chi connectivity index (χ1v) is 7.43. The van der Waals surface area contributed by atoms with Gasteiger partial charge in [-0.1, -0.05) is 60.7 Å². The molecule has 3 N–H and O–H groups in total. The van der Waals surface area contributed by atoms with Gasteiger partial charge < -0.3 is 15.8 Å². The molecule has 0 aromatic heterocycles. The molecule has 0 heterocycles. The standard InChI is InChI=1S/C18H20N2O3/c19-12-17(21)20-16(11-14-7-3-1-4-8-14)18(22)23-13-15-9-5-2-6-10-15/h1-10,16H,11-13,19H2,(H,20,21)/t16-/m1/s1. The lowest BCUT2D eigenvalue weighted by Crippen LogP contribution is -2.45.